The van der Waals surface area contributed by atoms with E-state index in [4.69, 9.17) is 27.5 Å². The largest absolute Gasteiger partial charge is 0.494 e. The van der Waals surface area contributed by atoms with Crippen molar-refractivity contribution in [3.63, 3.8) is 0 Å². The summed E-state index contributed by atoms with van der Waals surface area (Å²) in [6, 6.07) is 14.0. The summed E-state index contributed by atoms with van der Waals surface area (Å²) in [5.74, 6) is 4.27. The Kier molecular flexibility index (Phi) is 9.89. The van der Waals surface area contributed by atoms with Gasteiger partial charge in [-0.25, -0.2) is 0 Å². The lowest BCUT2D eigenvalue weighted by Gasteiger charge is -2.07. The van der Waals surface area contributed by atoms with Gasteiger partial charge in [0.25, 0.3) is 0 Å². The van der Waals surface area contributed by atoms with E-state index in [0.29, 0.717) is 29.4 Å². The number of ketones is 1. The summed E-state index contributed by atoms with van der Waals surface area (Å²) < 4.78 is 10.8. The van der Waals surface area contributed by atoms with Gasteiger partial charge in [0.05, 0.1) is 6.61 Å². The maximum absolute atomic E-state index is 12.4. The fourth-order valence-corrected chi connectivity index (χ4v) is 2.05. The third kappa shape index (κ3) is 6.91. The molecule has 0 saturated heterocycles. The van der Waals surface area contributed by atoms with Crippen molar-refractivity contribution in [2.75, 3.05) is 19.1 Å². The van der Waals surface area contributed by atoms with Crippen LogP contribution in [0.1, 0.15) is 36.2 Å². The van der Waals surface area contributed by atoms with E-state index in [2.05, 4.69) is 5.92 Å². The quantitative estimate of drug-likeness (QED) is 0.289. The minimum atomic E-state index is -0.0548. The highest BCUT2D eigenvalue weighted by molar-refractivity contribution is 6.17. The van der Waals surface area contributed by atoms with Gasteiger partial charge in [0.1, 0.15) is 18.1 Å². The van der Waals surface area contributed by atoms with E-state index < -0.39 is 0 Å². The maximum Gasteiger partial charge on any atom is 0.193 e. The highest BCUT2D eigenvalue weighted by Crippen LogP contribution is 2.18. The van der Waals surface area contributed by atoms with Crippen LogP contribution < -0.4 is 9.47 Å². The molecule has 0 aliphatic heterocycles. The van der Waals surface area contributed by atoms with E-state index in [9.17, 15) is 4.79 Å². The molecular weight excluding hydrogens is 336 g/mol. The summed E-state index contributed by atoms with van der Waals surface area (Å²) in [5.41, 5.74) is 1.20. The smallest absolute Gasteiger partial charge is 0.193 e. The Labute approximate surface area is 154 Å². The summed E-state index contributed by atoms with van der Waals surface area (Å²) in [5, 5.41) is 0. The Bertz CT molecular complexity index is 670. The van der Waals surface area contributed by atoms with E-state index in [0.717, 1.165) is 12.2 Å². The van der Waals surface area contributed by atoms with Crippen molar-refractivity contribution in [2.24, 2.45) is 0 Å². The van der Waals surface area contributed by atoms with Crippen LogP contribution in [0.4, 0.5) is 0 Å². The first-order chi connectivity index (χ1) is 12.2. The van der Waals surface area contributed by atoms with Crippen molar-refractivity contribution in [3.05, 3.63) is 59.7 Å². The van der Waals surface area contributed by atoms with Gasteiger partial charge < -0.3 is 9.47 Å². The Hall–Kier alpha value is -2.44. The van der Waals surface area contributed by atoms with Crippen molar-refractivity contribution >= 4 is 17.4 Å². The first-order valence-corrected chi connectivity index (χ1v) is 8.78. The second-order valence-corrected chi connectivity index (χ2v) is 5.14. The molecule has 0 atom stereocenters. The maximum atomic E-state index is 12.4. The molecule has 0 unspecified atom stereocenters. The third-order valence-electron chi connectivity index (χ3n) is 3.10. The number of carbonyl (C=O) groups excluding carboxylic acids is 1. The van der Waals surface area contributed by atoms with Crippen molar-refractivity contribution in [3.8, 4) is 23.8 Å². The van der Waals surface area contributed by atoms with Gasteiger partial charge in [-0.05, 0) is 55.0 Å². The lowest BCUT2D eigenvalue weighted by atomic mass is 10.0. The van der Waals surface area contributed by atoms with Crippen LogP contribution in [0, 0.1) is 12.3 Å². The third-order valence-corrected chi connectivity index (χ3v) is 3.37. The normalized spacial score (nSPS) is 9.36. The number of hydrogen-bond acceptors (Lipinski definition) is 3. The van der Waals surface area contributed by atoms with Gasteiger partial charge in [-0.15, -0.1) is 18.0 Å². The highest BCUT2D eigenvalue weighted by atomic mass is 35.5. The fourth-order valence-electron chi connectivity index (χ4n) is 1.94. The van der Waals surface area contributed by atoms with Gasteiger partial charge >= 0.3 is 0 Å². The number of hydrogen-bond donors (Lipinski definition) is 0. The molecule has 0 aromatic heterocycles. The first kappa shape index (κ1) is 20.6. The number of benzene rings is 2. The standard InChI is InChI=1S/C19H17ClO3.C2H6/c1-2-13-22-17-8-4-15(5-9-17)19(21)16-6-10-18(11-7-16)23-14-3-12-20;1-2/h1,4-11H,3,12-14H2;1-2H3. The molecule has 0 radical (unpaired) electrons. The zero-order chi connectivity index (χ0) is 18.5. The molecule has 0 heterocycles. The van der Waals surface area contributed by atoms with Crippen LogP contribution in [0.3, 0.4) is 0 Å². The van der Waals surface area contributed by atoms with E-state index in [1.54, 1.807) is 48.5 Å². The molecule has 4 heteroatoms. The van der Waals surface area contributed by atoms with E-state index in [1.165, 1.54) is 0 Å². The minimum Gasteiger partial charge on any atom is -0.494 e. The van der Waals surface area contributed by atoms with Crippen LogP contribution in [0.2, 0.25) is 0 Å². The predicted octanol–water partition coefficient (Wildman–Crippen LogP) is 4.96. The van der Waals surface area contributed by atoms with Gasteiger partial charge in [0.15, 0.2) is 5.78 Å². The summed E-state index contributed by atoms with van der Waals surface area (Å²) >= 11 is 5.60. The highest BCUT2D eigenvalue weighted by Gasteiger charge is 2.09. The number of terminal acetylenes is 1. The Morgan fingerprint density at radius 3 is 1.88 bits per heavy atom. The zero-order valence-corrected chi connectivity index (χ0v) is 15.4. The van der Waals surface area contributed by atoms with Crippen LogP contribution in [0.25, 0.3) is 0 Å². The molecule has 3 nitrogen and oxygen atoms in total. The van der Waals surface area contributed by atoms with Gasteiger partial charge in [0, 0.05) is 17.0 Å². The summed E-state index contributed by atoms with van der Waals surface area (Å²) in [6.07, 6.45) is 5.92. The predicted molar refractivity (Wildman–Crippen MR) is 103 cm³/mol. The molecule has 132 valence electrons. The van der Waals surface area contributed by atoms with E-state index >= 15 is 0 Å². The lowest BCUT2D eigenvalue weighted by Crippen LogP contribution is -2.02. The van der Waals surface area contributed by atoms with Crippen molar-refractivity contribution < 1.29 is 14.3 Å². The van der Waals surface area contributed by atoms with Gasteiger partial charge in [-0.3, -0.25) is 4.79 Å². The number of carbonyl (C=O) groups is 1. The topological polar surface area (TPSA) is 35.5 Å². The molecule has 0 saturated carbocycles. The zero-order valence-electron chi connectivity index (χ0n) is 14.6. The number of alkyl halides is 1. The van der Waals surface area contributed by atoms with Crippen molar-refractivity contribution in [1.29, 1.82) is 0 Å². The molecule has 0 fully saturated rings. The van der Waals surface area contributed by atoms with Gasteiger partial charge in [-0.1, -0.05) is 19.8 Å². The van der Waals surface area contributed by atoms with Crippen LogP contribution in [-0.4, -0.2) is 24.9 Å². The SMILES string of the molecule is C#CCOc1ccc(C(=O)c2ccc(OCCCCl)cc2)cc1.CC. The average molecular weight is 359 g/mol. The van der Waals surface area contributed by atoms with Crippen LogP contribution in [0.15, 0.2) is 48.5 Å². The molecule has 2 rings (SSSR count). The summed E-state index contributed by atoms with van der Waals surface area (Å²) in [4.78, 5) is 12.4. The van der Waals surface area contributed by atoms with Crippen molar-refractivity contribution in [2.45, 2.75) is 20.3 Å². The summed E-state index contributed by atoms with van der Waals surface area (Å²) in [7, 11) is 0. The molecule has 0 N–H and O–H groups in total. The average Bonchev–Trinajstić information content (AvgIpc) is 2.68. The Morgan fingerprint density at radius 2 is 1.44 bits per heavy atom. The molecule has 0 amide bonds. The first-order valence-electron chi connectivity index (χ1n) is 8.24. The van der Waals surface area contributed by atoms with Crippen molar-refractivity contribution in [1.82, 2.24) is 0 Å². The van der Waals surface area contributed by atoms with Gasteiger partial charge in [-0.2, -0.15) is 0 Å². The molecule has 2 aromatic carbocycles. The molecule has 0 spiro atoms. The number of halogens is 1. The van der Waals surface area contributed by atoms with Gasteiger partial charge in [0.2, 0.25) is 0 Å². The van der Waals surface area contributed by atoms with E-state index in [1.807, 2.05) is 13.8 Å². The fraction of sp³-hybridized carbons (Fsp3) is 0.286. The second-order valence-electron chi connectivity index (χ2n) is 4.76. The Balaban J connectivity index is 0.00000151. The molecule has 2 aromatic rings. The monoisotopic (exact) mass is 358 g/mol. The minimum absolute atomic E-state index is 0.0548. The summed E-state index contributed by atoms with van der Waals surface area (Å²) in [6.45, 7) is 4.77. The molecule has 0 aliphatic carbocycles. The molecular formula is C21H23ClO3. The van der Waals surface area contributed by atoms with Crippen LogP contribution >= 0.6 is 11.6 Å². The molecule has 0 aliphatic rings. The van der Waals surface area contributed by atoms with Crippen LogP contribution in [-0.2, 0) is 0 Å². The second kappa shape index (κ2) is 12.0. The molecule has 25 heavy (non-hydrogen) atoms. The Morgan fingerprint density at radius 1 is 0.960 bits per heavy atom. The number of rotatable bonds is 8. The lowest BCUT2D eigenvalue weighted by molar-refractivity contribution is 0.103. The van der Waals surface area contributed by atoms with E-state index in [-0.39, 0.29) is 12.4 Å². The number of ether oxygens (including phenoxy) is 2. The van der Waals surface area contributed by atoms with Crippen LogP contribution in [0.5, 0.6) is 11.5 Å². The molecule has 0 bridgehead atoms.